The highest BCUT2D eigenvalue weighted by molar-refractivity contribution is 5.58. The summed E-state index contributed by atoms with van der Waals surface area (Å²) >= 11 is 0. The normalized spacial score (nSPS) is 20.1. The Kier molecular flexibility index (Phi) is 3.49. The zero-order valence-electron chi connectivity index (χ0n) is 10.6. The van der Waals surface area contributed by atoms with Gasteiger partial charge < -0.3 is 10.6 Å². The lowest BCUT2D eigenvalue weighted by atomic mass is 10.0. The molecule has 0 bridgehead atoms. The molecule has 0 aliphatic carbocycles. The Labute approximate surface area is 98.4 Å². The molecule has 1 saturated heterocycles. The standard InChI is InChI=1S/C14H22N2/c1-10-7-11(2)14(12(3)8-10)16-9-13-5-4-6-15-13/h7-8,13,15-16H,4-6,9H2,1-3H3. The Hall–Kier alpha value is -1.02. The van der Waals surface area contributed by atoms with Crippen LogP contribution in [0, 0.1) is 20.8 Å². The van der Waals surface area contributed by atoms with E-state index in [0.717, 1.165) is 6.54 Å². The first-order chi connectivity index (χ1) is 7.66. The van der Waals surface area contributed by atoms with E-state index in [4.69, 9.17) is 0 Å². The minimum absolute atomic E-state index is 0.653. The van der Waals surface area contributed by atoms with Crippen LogP contribution in [-0.2, 0) is 0 Å². The van der Waals surface area contributed by atoms with Crippen LogP contribution in [0.4, 0.5) is 5.69 Å². The second-order valence-corrected chi connectivity index (χ2v) is 4.95. The maximum Gasteiger partial charge on any atom is 0.0400 e. The predicted octanol–water partition coefficient (Wildman–Crippen LogP) is 2.78. The van der Waals surface area contributed by atoms with E-state index in [2.05, 4.69) is 43.5 Å². The molecule has 2 heteroatoms. The minimum Gasteiger partial charge on any atom is -0.383 e. The topological polar surface area (TPSA) is 24.1 Å². The maximum atomic E-state index is 3.59. The van der Waals surface area contributed by atoms with Gasteiger partial charge in [0.15, 0.2) is 0 Å². The highest BCUT2D eigenvalue weighted by Gasteiger charge is 2.14. The largest absolute Gasteiger partial charge is 0.383 e. The average Bonchev–Trinajstić information content (AvgIpc) is 2.68. The van der Waals surface area contributed by atoms with E-state index in [1.807, 2.05) is 0 Å². The molecule has 1 unspecified atom stereocenters. The van der Waals surface area contributed by atoms with Gasteiger partial charge in [0.05, 0.1) is 0 Å². The summed E-state index contributed by atoms with van der Waals surface area (Å²) in [6.07, 6.45) is 2.62. The molecule has 2 rings (SSSR count). The van der Waals surface area contributed by atoms with Crippen LogP contribution in [0.3, 0.4) is 0 Å². The summed E-state index contributed by atoms with van der Waals surface area (Å²) in [5.41, 5.74) is 5.38. The zero-order valence-corrected chi connectivity index (χ0v) is 10.6. The Balaban J connectivity index is 2.03. The van der Waals surface area contributed by atoms with Gasteiger partial charge in [-0.05, 0) is 51.3 Å². The van der Waals surface area contributed by atoms with E-state index in [9.17, 15) is 0 Å². The van der Waals surface area contributed by atoms with E-state index in [1.165, 1.54) is 41.8 Å². The first-order valence-corrected chi connectivity index (χ1v) is 6.22. The molecule has 16 heavy (non-hydrogen) atoms. The van der Waals surface area contributed by atoms with Crippen LogP contribution in [-0.4, -0.2) is 19.1 Å². The van der Waals surface area contributed by atoms with Gasteiger partial charge in [0.25, 0.3) is 0 Å². The molecule has 0 spiro atoms. The summed E-state index contributed by atoms with van der Waals surface area (Å²) in [6, 6.07) is 5.15. The van der Waals surface area contributed by atoms with E-state index in [1.54, 1.807) is 0 Å². The van der Waals surface area contributed by atoms with Crippen LogP contribution < -0.4 is 10.6 Å². The molecule has 1 heterocycles. The maximum absolute atomic E-state index is 3.59. The van der Waals surface area contributed by atoms with Crippen LogP contribution >= 0.6 is 0 Å². The fourth-order valence-electron chi connectivity index (χ4n) is 2.62. The zero-order chi connectivity index (χ0) is 11.5. The van der Waals surface area contributed by atoms with Gasteiger partial charge in [0.1, 0.15) is 0 Å². The molecule has 88 valence electrons. The number of aryl methyl sites for hydroxylation is 3. The summed E-state index contributed by atoms with van der Waals surface area (Å²) in [5, 5.41) is 7.10. The molecular weight excluding hydrogens is 196 g/mol. The van der Waals surface area contributed by atoms with Crippen molar-refractivity contribution in [2.75, 3.05) is 18.4 Å². The van der Waals surface area contributed by atoms with Crippen LogP contribution in [0.2, 0.25) is 0 Å². The number of nitrogens with one attached hydrogen (secondary N) is 2. The molecule has 1 fully saturated rings. The van der Waals surface area contributed by atoms with Crippen LogP contribution in [0.1, 0.15) is 29.5 Å². The molecule has 1 aliphatic rings. The van der Waals surface area contributed by atoms with Crippen LogP contribution in [0.15, 0.2) is 12.1 Å². The Morgan fingerprint density at radius 3 is 2.50 bits per heavy atom. The molecule has 1 aromatic carbocycles. The van der Waals surface area contributed by atoms with Crippen molar-refractivity contribution in [1.29, 1.82) is 0 Å². The van der Waals surface area contributed by atoms with Crippen LogP contribution in [0.5, 0.6) is 0 Å². The molecular formula is C14H22N2. The van der Waals surface area contributed by atoms with Crippen molar-refractivity contribution in [3.63, 3.8) is 0 Å². The van der Waals surface area contributed by atoms with Crippen molar-refractivity contribution in [3.05, 3.63) is 28.8 Å². The fraction of sp³-hybridized carbons (Fsp3) is 0.571. The number of hydrogen-bond acceptors (Lipinski definition) is 2. The van der Waals surface area contributed by atoms with Crippen molar-refractivity contribution in [2.45, 2.75) is 39.7 Å². The second kappa shape index (κ2) is 4.88. The smallest absolute Gasteiger partial charge is 0.0400 e. The van der Waals surface area contributed by atoms with Crippen LogP contribution in [0.25, 0.3) is 0 Å². The van der Waals surface area contributed by atoms with Crippen molar-refractivity contribution in [3.8, 4) is 0 Å². The van der Waals surface area contributed by atoms with Gasteiger partial charge in [-0.3, -0.25) is 0 Å². The molecule has 0 amide bonds. The summed E-state index contributed by atoms with van der Waals surface area (Å²) in [5.74, 6) is 0. The molecule has 2 N–H and O–H groups in total. The predicted molar refractivity (Wildman–Crippen MR) is 70.2 cm³/mol. The molecule has 0 aromatic heterocycles. The van der Waals surface area contributed by atoms with Gasteiger partial charge in [-0.2, -0.15) is 0 Å². The lowest BCUT2D eigenvalue weighted by molar-refractivity contribution is 0.633. The van der Waals surface area contributed by atoms with Crippen molar-refractivity contribution in [1.82, 2.24) is 5.32 Å². The second-order valence-electron chi connectivity index (χ2n) is 4.95. The van der Waals surface area contributed by atoms with E-state index in [0.29, 0.717) is 6.04 Å². The fourth-order valence-corrected chi connectivity index (χ4v) is 2.62. The summed E-state index contributed by atoms with van der Waals surface area (Å²) in [7, 11) is 0. The molecule has 1 aromatic rings. The van der Waals surface area contributed by atoms with Crippen molar-refractivity contribution < 1.29 is 0 Å². The summed E-state index contributed by atoms with van der Waals surface area (Å²) in [6.45, 7) is 8.75. The number of hydrogen-bond donors (Lipinski definition) is 2. The SMILES string of the molecule is Cc1cc(C)c(NCC2CCCN2)c(C)c1. The Bertz CT molecular complexity index is 342. The molecule has 0 saturated carbocycles. The van der Waals surface area contributed by atoms with E-state index in [-0.39, 0.29) is 0 Å². The monoisotopic (exact) mass is 218 g/mol. The Morgan fingerprint density at radius 2 is 1.94 bits per heavy atom. The molecule has 0 radical (unpaired) electrons. The van der Waals surface area contributed by atoms with E-state index >= 15 is 0 Å². The summed E-state index contributed by atoms with van der Waals surface area (Å²) < 4.78 is 0. The van der Waals surface area contributed by atoms with Gasteiger partial charge in [-0.1, -0.05) is 17.7 Å². The number of benzene rings is 1. The highest BCUT2D eigenvalue weighted by atomic mass is 15.0. The number of anilines is 1. The summed E-state index contributed by atoms with van der Waals surface area (Å²) in [4.78, 5) is 0. The molecule has 2 nitrogen and oxygen atoms in total. The van der Waals surface area contributed by atoms with Gasteiger partial charge in [-0.25, -0.2) is 0 Å². The van der Waals surface area contributed by atoms with E-state index < -0.39 is 0 Å². The third-order valence-corrected chi connectivity index (χ3v) is 3.36. The highest BCUT2D eigenvalue weighted by Crippen LogP contribution is 2.22. The van der Waals surface area contributed by atoms with Crippen molar-refractivity contribution >= 4 is 5.69 Å². The minimum atomic E-state index is 0.653. The quantitative estimate of drug-likeness (QED) is 0.815. The lowest BCUT2D eigenvalue weighted by Crippen LogP contribution is -2.29. The number of rotatable bonds is 3. The van der Waals surface area contributed by atoms with Gasteiger partial charge in [0.2, 0.25) is 0 Å². The average molecular weight is 218 g/mol. The molecule has 1 atom stereocenters. The van der Waals surface area contributed by atoms with Gasteiger partial charge in [-0.15, -0.1) is 0 Å². The van der Waals surface area contributed by atoms with Crippen molar-refractivity contribution in [2.24, 2.45) is 0 Å². The lowest BCUT2D eigenvalue weighted by Gasteiger charge is -2.17. The third-order valence-electron chi connectivity index (χ3n) is 3.36. The first kappa shape index (κ1) is 11.5. The third kappa shape index (κ3) is 2.56. The van der Waals surface area contributed by atoms with Gasteiger partial charge >= 0.3 is 0 Å². The molecule has 1 aliphatic heterocycles. The van der Waals surface area contributed by atoms with Gasteiger partial charge in [0, 0.05) is 18.3 Å². The Morgan fingerprint density at radius 1 is 1.25 bits per heavy atom. The first-order valence-electron chi connectivity index (χ1n) is 6.22.